The average molecular weight is 508 g/mol. The van der Waals surface area contributed by atoms with Crippen LogP contribution in [0.2, 0.25) is 19.6 Å². The first kappa shape index (κ1) is 24.7. The van der Waals surface area contributed by atoms with Crippen LogP contribution in [-0.2, 0) is 14.0 Å². The first-order chi connectivity index (χ1) is 15.4. The van der Waals surface area contributed by atoms with E-state index in [9.17, 15) is 14.7 Å². The van der Waals surface area contributed by atoms with Crippen LogP contribution in [0.3, 0.4) is 0 Å². The lowest BCUT2D eigenvalue weighted by molar-refractivity contribution is -0.162. The molecule has 5 atom stereocenters. The SMILES string of the molecule is C[C@@H](O[Si](C)(C)C)[C@H]1C(=O)N2C(C(=O)O)=C(Sc3nc(C4=CC[C@H](C)N(C)C4)cs3)[C@H](C)[C@H]12. The Morgan fingerprint density at radius 1 is 1.36 bits per heavy atom. The number of aromatic nitrogens is 1. The van der Waals surface area contributed by atoms with Crippen LogP contribution < -0.4 is 0 Å². The van der Waals surface area contributed by atoms with Crippen molar-refractivity contribution in [3.63, 3.8) is 0 Å². The second-order valence-electron chi connectivity index (χ2n) is 10.3. The molecule has 1 aromatic heterocycles. The highest BCUT2D eigenvalue weighted by atomic mass is 32.2. The van der Waals surface area contributed by atoms with Crippen LogP contribution in [0.4, 0.5) is 0 Å². The van der Waals surface area contributed by atoms with Gasteiger partial charge in [-0.3, -0.25) is 9.69 Å². The summed E-state index contributed by atoms with van der Waals surface area (Å²) in [6, 6.07) is 0.347. The molecule has 0 saturated carbocycles. The van der Waals surface area contributed by atoms with Gasteiger partial charge in [-0.25, -0.2) is 9.78 Å². The number of thioether (sulfide) groups is 1. The summed E-state index contributed by atoms with van der Waals surface area (Å²) in [5.74, 6) is -1.59. The maximum atomic E-state index is 13.0. The van der Waals surface area contributed by atoms with Crippen LogP contribution in [-0.4, -0.2) is 71.9 Å². The molecule has 1 aromatic rings. The second-order valence-corrected chi connectivity index (χ2v) is 16.9. The van der Waals surface area contributed by atoms with Crippen molar-refractivity contribution in [1.29, 1.82) is 0 Å². The number of β-lactam (4-membered cyclic amide) rings is 1. The number of thiazole rings is 1. The zero-order chi connectivity index (χ0) is 24.2. The molecule has 0 aromatic carbocycles. The van der Waals surface area contributed by atoms with E-state index in [1.165, 1.54) is 33.6 Å². The van der Waals surface area contributed by atoms with Gasteiger partial charge in [0.1, 0.15) is 5.70 Å². The Kier molecular flexibility index (Phi) is 6.69. The fourth-order valence-electron chi connectivity index (χ4n) is 4.99. The number of carbonyl (C=O) groups is 2. The van der Waals surface area contributed by atoms with Gasteiger partial charge in [-0.2, -0.15) is 0 Å². The van der Waals surface area contributed by atoms with Crippen LogP contribution in [0.5, 0.6) is 0 Å². The molecule has 0 aliphatic carbocycles. The Bertz CT molecular complexity index is 1030. The van der Waals surface area contributed by atoms with Gasteiger partial charge in [0.15, 0.2) is 12.7 Å². The topological polar surface area (TPSA) is 83.0 Å². The number of rotatable bonds is 7. The minimum absolute atomic E-state index is 0.0790. The fraction of sp³-hybridized carbons (Fsp3) is 0.609. The maximum Gasteiger partial charge on any atom is 0.353 e. The molecule has 3 aliphatic rings. The van der Waals surface area contributed by atoms with Gasteiger partial charge in [0.2, 0.25) is 5.91 Å². The normalized spacial score (nSPS) is 29.1. The van der Waals surface area contributed by atoms with Crippen molar-refractivity contribution < 1.29 is 19.1 Å². The highest BCUT2D eigenvalue weighted by Gasteiger charge is 2.60. The highest BCUT2D eigenvalue weighted by molar-refractivity contribution is 8.04. The van der Waals surface area contributed by atoms with Crippen LogP contribution in [0, 0.1) is 11.8 Å². The quantitative estimate of drug-likeness (QED) is 0.434. The van der Waals surface area contributed by atoms with Crippen molar-refractivity contribution in [2.24, 2.45) is 11.8 Å². The van der Waals surface area contributed by atoms with Crippen molar-refractivity contribution in [3.05, 3.63) is 27.8 Å². The molecule has 10 heteroatoms. The third kappa shape index (κ3) is 4.60. The van der Waals surface area contributed by atoms with Gasteiger partial charge in [0, 0.05) is 28.8 Å². The van der Waals surface area contributed by atoms with E-state index < -0.39 is 14.3 Å². The summed E-state index contributed by atoms with van der Waals surface area (Å²) >= 11 is 2.93. The highest BCUT2D eigenvalue weighted by Crippen LogP contribution is 2.52. The number of carbonyl (C=O) groups excluding carboxylic acids is 1. The van der Waals surface area contributed by atoms with Crippen LogP contribution in [0.1, 0.15) is 32.9 Å². The molecule has 33 heavy (non-hydrogen) atoms. The Morgan fingerprint density at radius 2 is 2.06 bits per heavy atom. The number of carboxylic acids is 1. The third-order valence-electron chi connectivity index (χ3n) is 6.72. The number of carboxylic acid groups (broad SMARTS) is 1. The van der Waals surface area contributed by atoms with Gasteiger partial charge in [-0.05, 0) is 52.5 Å². The number of amides is 1. The summed E-state index contributed by atoms with van der Waals surface area (Å²) in [5.41, 5.74) is 2.28. The molecule has 1 fully saturated rings. The molecular formula is C23H33N3O4S2Si. The molecule has 0 unspecified atom stereocenters. The van der Waals surface area contributed by atoms with E-state index in [1.807, 2.05) is 19.2 Å². The van der Waals surface area contributed by atoms with Crippen molar-refractivity contribution in [2.75, 3.05) is 13.6 Å². The first-order valence-electron chi connectivity index (χ1n) is 11.4. The number of aliphatic carboxylic acids is 1. The Morgan fingerprint density at radius 3 is 2.67 bits per heavy atom. The summed E-state index contributed by atoms with van der Waals surface area (Å²) in [6.07, 6.45) is 3.02. The third-order valence-corrected chi connectivity index (χ3v) is 10.0. The van der Waals surface area contributed by atoms with E-state index in [0.29, 0.717) is 10.9 Å². The molecule has 1 amide bonds. The van der Waals surface area contributed by atoms with Gasteiger partial charge in [-0.15, -0.1) is 11.3 Å². The van der Waals surface area contributed by atoms with E-state index in [4.69, 9.17) is 9.41 Å². The van der Waals surface area contributed by atoms with Gasteiger partial charge in [0.05, 0.1) is 23.8 Å². The molecule has 4 rings (SSSR count). The van der Waals surface area contributed by atoms with Crippen LogP contribution >= 0.6 is 23.1 Å². The lowest BCUT2D eigenvalue weighted by Gasteiger charge is -2.48. The number of hydrogen-bond donors (Lipinski definition) is 1. The Balaban J connectivity index is 1.56. The zero-order valence-electron chi connectivity index (χ0n) is 20.3. The van der Waals surface area contributed by atoms with Gasteiger partial charge < -0.3 is 14.4 Å². The van der Waals surface area contributed by atoms with Gasteiger partial charge >= 0.3 is 5.97 Å². The number of hydrogen-bond acceptors (Lipinski definition) is 7. The predicted molar refractivity (Wildman–Crippen MR) is 134 cm³/mol. The summed E-state index contributed by atoms with van der Waals surface area (Å²) < 4.78 is 7.01. The number of nitrogens with zero attached hydrogens (tertiary/aromatic N) is 3. The van der Waals surface area contributed by atoms with Crippen LogP contribution in [0.25, 0.3) is 5.57 Å². The standard InChI is InChI=1S/C23H33N3O4S2Si/c1-12-8-9-15(10-25(12)4)16-11-31-23(24-16)32-20-13(2)18-17(14(3)30-33(5,6)7)21(27)26(18)19(20)22(28)29/h9,11-14,17-18H,8,10H2,1-7H3,(H,28,29)/t12-,13+,14+,17+,18+/m0/s1. The van der Waals surface area contributed by atoms with Crippen molar-refractivity contribution in [1.82, 2.24) is 14.8 Å². The van der Waals surface area contributed by atoms with E-state index >= 15 is 0 Å². The number of likely N-dealkylation sites (N-methyl/N-ethyl adjacent to an activating group) is 1. The summed E-state index contributed by atoms with van der Waals surface area (Å²) in [7, 11) is 0.295. The average Bonchev–Trinajstić information content (AvgIpc) is 3.25. The zero-order valence-corrected chi connectivity index (χ0v) is 22.9. The minimum atomic E-state index is -1.82. The molecule has 0 bridgehead atoms. The molecule has 3 aliphatic heterocycles. The largest absolute Gasteiger partial charge is 0.477 e. The molecule has 4 heterocycles. The molecular weight excluding hydrogens is 474 g/mol. The lowest BCUT2D eigenvalue weighted by Crippen LogP contribution is -2.64. The summed E-state index contributed by atoms with van der Waals surface area (Å²) in [6.45, 7) is 13.3. The van der Waals surface area contributed by atoms with Crippen molar-refractivity contribution >= 4 is 48.9 Å². The molecule has 0 spiro atoms. The molecule has 7 nitrogen and oxygen atoms in total. The molecule has 1 N–H and O–H groups in total. The molecule has 1 saturated heterocycles. The summed E-state index contributed by atoms with van der Waals surface area (Å²) in [5, 5.41) is 12.0. The lowest BCUT2D eigenvalue weighted by atomic mass is 9.79. The summed E-state index contributed by atoms with van der Waals surface area (Å²) in [4.78, 5) is 34.5. The molecule has 180 valence electrons. The van der Waals surface area contributed by atoms with Crippen molar-refractivity contribution in [3.8, 4) is 0 Å². The number of fused-ring (bicyclic) bond motifs is 1. The monoisotopic (exact) mass is 507 g/mol. The predicted octanol–water partition coefficient (Wildman–Crippen LogP) is 4.36. The maximum absolute atomic E-state index is 13.0. The first-order valence-corrected chi connectivity index (χ1v) is 16.5. The van der Waals surface area contributed by atoms with E-state index in [0.717, 1.165) is 23.0 Å². The second kappa shape index (κ2) is 8.96. The van der Waals surface area contributed by atoms with Gasteiger partial charge in [-0.1, -0.05) is 24.8 Å². The Labute approximate surface area is 205 Å². The van der Waals surface area contributed by atoms with E-state index in [2.05, 4.69) is 44.6 Å². The van der Waals surface area contributed by atoms with E-state index in [1.54, 1.807) is 0 Å². The van der Waals surface area contributed by atoms with Gasteiger partial charge in [0.25, 0.3) is 0 Å². The van der Waals surface area contributed by atoms with Crippen molar-refractivity contribution in [2.45, 2.75) is 69.4 Å². The fourth-order valence-corrected chi connectivity index (χ4v) is 8.36. The smallest absolute Gasteiger partial charge is 0.353 e. The Hall–Kier alpha value is -1.46. The minimum Gasteiger partial charge on any atom is -0.477 e. The van der Waals surface area contributed by atoms with E-state index in [-0.39, 0.29) is 35.6 Å². The molecule has 0 radical (unpaired) electrons. The van der Waals surface area contributed by atoms with Crippen LogP contribution in [0.15, 0.2) is 26.4 Å².